The molecule has 0 bridgehead atoms. The third kappa shape index (κ3) is 2.85. The van der Waals surface area contributed by atoms with Gasteiger partial charge in [-0.3, -0.25) is 9.69 Å². The number of rotatable bonds is 3. The van der Waals surface area contributed by atoms with Gasteiger partial charge in [-0.15, -0.1) is 0 Å². The van der Waals surface area contributed by atoms with E-state index in [-0.39, 0.29) is 18.3 Å². The number of thioether (sulfide) groups is 1. The van der Waals surface area contributed by atoms with Gasteiger partial charge in [-0.2, -0.15) is 0 Å². The van der Waals surface area contributed by atoms with Crippen molar-refractivity contribution >= 4 is 28.9 Å². The Morgan fingerprint density at radius 1 is 1.67 bits per heavy atom. The summed E-state index contributed by atoms with van der Waals surface area (Å²) < 4.78 is 4.56. The van der Waals surface area contributed by atoms with E-state index in [1.165, 1.54) is 0 Å². The van der Waals surface area contributed by atoms with Crippen LogP contribution < -0.4 is 0 Å². The van der Waals surface area contributed by atoms with Gasteiger partial charge in [-0.1, -0.05) is 18.7 Å². The van der Waals surface area contributed by atoms with Crippen molar-refractivity contribution in [3.63, 3.8) is 0 Å². The fourth-order valence-electron chi connectivity index (χ4n) is 1.21. The lowest BCUT2D eigenvalue weighted by Crippen LogP contribution is -2.38. The van der Waals surface area contributed by atoms with E-state index >= 15 is 0 Å². The van der Waals surface area contributed by atoms with E-state index in [4.69, 9.17) is 5.11 Å². The van der Waals surface area contributed by atoms with Crippen molar-refractivity contribution in [2.45, 2.75) is 19.4 Å². The SMILES string of the molecule is CCSC(=O)CC1C(=O)OCN1C(=O)O. The van der Waals surface area contributed by atoms with Crippen molar-refractivity contribution in [2.75, 3.05) is 12.5 Å². The highest BCUT2D eigenvalue weighted by Crippen LogP contribution is 2.18. The molecule has 7 heteroatoms. The fourth-order valence-corrected chi connectivity index (χ4v) is 1.80. The zero-order valence-corrected chi connectivity index (χ0v) is 8.95. The molecule has 1 aliphatic heterocycles. The molecular formula is C8H11NO5S. The molecule has 0 aromatic rings. The highest BCUT2D eigenvalue weighted by atomic mass is 32.2. The Morgan fingerprint density at radius 3 is 2.87 bits per heavy atom. The van der Waals surface area contributed by atoms with Gasteiger partial charge >= 0.3 is 12.1 Å². The second kappa shape index (κ2) is 5.01. The lowest BCUT2D eigenvalue weighted by atomic mass is 10.2. The topological polar surface area (TPSA) is 83.9 Å². The summed E-state index contributed by atoms with van der Waals surface area (Å²) in [7, 11) is 0. The van der Waals surface area contributed by atoms with Gasteiger partial charge in [0, 0.05) is 6.42 Å². The minimum atomic E-state index is -1.25. The first kappa shape index (κ1) is 11.8. The molecule has 0 saturated carbocycles. The van der Waals surface area contributed by atoms with Crippen LogP contribution in [0, 0.1) is 0 Å². The molecule has 0 spiro atoms. The maximum absolute atomic E-state index is 11.2. The molecule has 1 N–H and O–H groups in total. The smallest absolute Gasteiger partial charge is 0.410 e. The summed E-state index contributed by atoms with van der Waals surface area (Å²) in [6.07, 6.45) is -1.37. The van der Waals surface area contributed by atoms with Crippen molar-refractivity contribution in [2.24, 2.45) is 0 Å². The van der Waals surface area contributed by atoms with Crippen LogP contribution in [0.3, 0.4) is 0 Å². The molecule has 1 atom stereocenters. The zero-order chi connectivity index (χ0) is 11.4. The normalized spacial score (nSPS) is 20.2. The van der Waals surface area contributed by atoms with Crippen LogP contribution in [0.25, 0.3) is 0 Å². The van der Waals surface area contributed by atoms with Crippen molar-refractivity contribution in [3.05, 3.63) is 0 Å². The lowest BCUT2D eigenvalue weighted by Gasteiger charge is -2.14. The molecule has 1 fully saturated rings. The summed E-state index contributed by atoms with van der Waals surface area (Å²) in [5.74, 6) is -0.0457. The third-order valence-corrected chi connectivity index (χ3v) is 2.68. The van der Waals surface area contributed by atoms with E-state index in [1.54, 1.807) is 0 Å². The second-order valence-corrected chi connectivity index (χ2v) is 4.19. The molecule has 1 unspecified atom stereocenters. The number of carbonyl (C=O) groups excluding carboxylic acids is 2. The maximum Gasteiger partial charge on any atom is 0.410 e. The Labute approximate surface area is 90.6 Å². The van der Waals surface area contributed by atoms with E-state index in [9.17, 15) is 14.4 Å². The molecule has 6 nitrogen and oxygen atoms in total. The van der Waals surface area contributed by atoms with Crippen LogP contribution in [-0.2, 0) is 14.3 Å². The molecule has 0 aromatic carbocycles. The largest absolute Gasteiger partial charge is 0.465 e. The van der Waals surface area contributed by atoms with Crippen molar-refractivity contribution in [1.82, 2.24) is 4.90 Å². The number of amides is 1. The van der Waals surface area contributed by atoms with Crippen LogP contribution in [0.15, 0.2) is 0 Å². The zero-order valence-electron chi connectivity index (χ0n) is 8.13. The van der Waals surface area contributed by atoms with Crippen LogP contribution >= 0.6 is 11.8 Å². The van der Waals surface area contributed by atoms with E-state index in [2.05, 4.69) is 4.74 Å². The van der Waals surface area contributed by atoms with Gasteiger partial charge in [0.05, 0.1) is 0 Å². The van der Waals surface area contributed by atoms with Gasteiger partial charge in [-0.25, -0.2) is 9.59 Å². The van der Waals surface area contributed by atoms with Crippen LogP contribution in [0.5, 0.6) is 0 Å². The molecule has 1 amide bonds. The van der Waals surface area contributed by atoms with Gasteiger partial charge in [0.2, 0.25) is 0 Å². The minimum Gasteiger partial charge on any atom is -0.465 e. The van der Waals surface area contributed by atoms with Crippen LogP contribution in [0.4, 0.5) is 4.79 Å². The quantitative estimate of drug-likeness (QED) is 0.715. The summed E-state index contributed by atoms with van der Waals surface area (Å²) in [4.78, 5) is 33.9. The van der Waals surface area contributed by atoms with Crippen molar-refractivity contribution in [1.29, 1.82) is 0 Å². The Balaban J connectivity index is 2.60. The van der Waals surface area contributed by atoms with Crippen molar-refractivity contribution < 1.29 is 24.2 Å². The molecule has 84 valence electrons. The third-order valence-electron chi connectivity index (χ3n) is 1.91. The molecule has 0 aliphatic carbocycles. The maximum atomic E-state index is 11.2. The molecule has 0 aromatic heterocycles. The van der Waals surface area contributed by atoms with Crippen LogP contribution in [0.2, 0.25) is 0 Å². The molecule has 1 aliphatic rings. The van der Waals surface area contributed by atoms with Crippen molar-refractivity contribution in [3.8, 4) is 0 Å². The number of carbonyl (C=O) groups is 3. The Kier molecular flexibility index (Phi) is 3.96. The highest BCUT2D eigenvalue weighted by molar-refractivity contribution is 8.13. The molecule has 0 radical (unpaired) electrons. The second-order valence-electron chi connectivity index (χ2n) is 2.87. The first-order valence-electron chi connectivity index (χ1n) is 4.38. The van der Waals surface area contributed by atoms with Gasteiger partial charge in [0.15, 0.2) is 11.8 Å². The van der Waals surface area contributed by atoms with E-state index < -0.39 is 18.1 Å². The van der Waals surface area contributed by atoms with Crippen LogP contribution in [-0.4, -0.2) is 45.7 Å². The van der Waals surface area contributed by atoms with E-state index in [1.807, 2.05) is 6.92 Å². The monoisotopic (exact) mass is 233 g/mol. The predicted molar refractivity (Wildman–Crippen MR) is 52.4 cm³/mol. The summed E-state index contributed by atoms with van der Waals surface area (Å²) in [6, 6.07) is -0.978. The Hall–Kier alpha value is -1.24. The first-order valence-corrected chi connectivity index (χ1v) is 5.36. The summed E-state index contributed by atoms with van der Waals surface area (Å²) in [5, 5.41) is 8.52. The molecule has 1 heterocycles. The average Bonchev–Trinajstić information content (AvgIpc) is 2.48. The molecular weight excluding hydrogens is 222 g/mol. The molecule has 15 heavy (non-hydrogen) atoms. The standard InChI is InChI=1S/C8H11NO5S/c1-2-15-6(10)3-5-7(11)14-4-9(5)8(12)13/h5H,2-4H2,1H3,(H,12,13). The van der Waals surface area contributed by atoms with Gasteiger partial charge in [-0.05, 0) is 5.75 Å². The average molecular weight is 233 g/mol. The first-order chi connectivity index (χ1) is 7.06. The molecule has 1 saturated heterocycles. The van der Waals surface area contributed by atoms with E-state index in [0.717, 1.165) is 16.7 Å². The van der Waals surface area contributed by atoms with Gasteiger partial charge in [0.25, 0.3) is 0 Å². The number of cyclic esters (lactones) is 1. The lowest BCUT2D eigenvalue weighted by molar-refractivity contribution is -0.139. The van der Waals surface area contributed by atoms with Gasteiger partial charge < -0.3 is 9.84 Å². The van der Waals surface area contributed by atoms with Crippen LogP contribution in [0.1, 0.15) is 13.3 Å². The predicted octanol–water partition coefficient (Wildman–Crippen LogP) is 0.519. The Morgan fingerprint density at radius 2 is 2.33 bits per heavy atom. The number of hydrogen-bond acceptors (Lipinski definition) is 5. The number of esters is 1. The van der Waals surface area contributed by atoms with E-state index in [0.29, 0.717) is 5.75 Å². The highest BCUT2D eigenvalue weighted by Gasteiger charge is 2.39. The molecule has 1 rings (SSSR count). The number of carboxylic acid groups (broad SMARTS) is 1. The number of ether oxygens (including phenoxy) is 1. The summed E-state index contributed by atoms with van der Waals surface area (Å²) >= 11 is 1.07. The minimum absolute atomic E-state index is 0.121. The van der Waals surface area contributed by atoms with Gasteiger partial charge in [0.1, 0.15) is 6.04 Å². The fraction of sp³-hybridized carbons (Fsp3) is 0.625. The summed E-state index contributed by atoms with van der Waals surface area (Å²) in [5.41, 5.74) is 0. The Bertz CT molecular complexity index is 293. The summed E-state index contributed by atoms with van der Waals surface area (Å²) in [6.45, 7) is 1.52. The number of nitrogens with zero attached hydrogens (tertiary/aromatic N) is 1. The number of hydrogen-bond donors (Lipinski definition) is 1.